The number of amides is 1. The third-order valence-electron chi connectivity index (χ3n) is 5.37. The van der Waals surface area contributed by atoms with Crippen molar-refractivity contribution >= 4 is 17.5 Å². The monoisotopic (exact) mass is 451 g/mol. The molecule has 32 heavy (non-hydrogen) atoms. The van der Waals surface area contributed by atoms with Gasteiger partial charge in [0.25, 0.3) is 5.91 Å². The number of methoxy groups -OCH3 is 1. The highest BCUT2D eigenvalue weighted by atomic mass is 35.5. The number of nitrogens with one attached hydrogen (secondary N) is 1. The van der Waals surface area contributed by atoms with Crippen molar-refractivity contribution in [2.45, 2.75) is 45.8 Å². The van der Waals surface area contributed by atoms with Crippen molar-refractivity contribution in [1.82, 2.24) is 5.32 Å². The molecule has 0 aliphatic rings. The van der Waals surface area contributed by atoms with Gasteiger partial charge in [-0.25, -0.2) is 0 Å². The minimum Gasteiger partial charge on any atom is -0.496 e. The first-order chi connectivity index (χ1) is 15.2. The molecule has 0 unspecified atom stereocenters. The van der Waals surface area contributed by atoms with Crippen LogP contribution < -0.4 is 14.8 Å². The second-order valence-electron chi connectivity index (χ2n) is 8.84. The zero-order valence-corrected chi connectivity index (χ0v) is 20.0. The summed E-state index contributed by atoms with van der Waals surface area (Å²) in [7, 11) is 1.61. The largest absolute Gasteiger partial charge is 0.496 e. The maximum absolute atomic E-state index is 12.8. The van der Waals surface area contributed by atoms with Gasteiger partial charge in [0.1, 0.15) is 18.1 Å². The Kier molecular flexibility index (Phi) is 7.47. The molecule has 3 rings (SSSR count). The Labute approximate surface area is 195 Å². The van der Waals surface area contributed by atoms with E-state index in [2.05, 4.69) is 38.2 Å². The summed E-state index contributed by atoms with van der Waals surface area (Å²) in [5.41, 5.74) is 3.67. The number of carbonyl (C=O) groups is 1. The summed E-state index contributed by atoms with van der Waals surface area (Å²) in [5, 5.41) is 3.69. The standard InChI is InChI=1S/C27H30ClNO3/c1-18(19-6-11-23(28)12-7-19)29-26(30)20-8-15-25(31-5)21(16-20)17-32-24-13-9-22(10-14-24)27(2,3)4/h6-16,18H,17H2,1-5H3,(H,29,30)/t18-/m1/s1. The quantitative estimate of drug-likeness (QED) is 0.434. The van der Waals surface area contributed by atoms with Crippen LogP contribution in [0.5, 0.6) is 11.5 Å². The Hall–Kier alpha value is -2.98. The highest BCUT2D eigenvalue weighted by Gasteiger charge is 2.15. The van der Waals surface area contributed by atoms with Crippen LogP contribution in [0, 0.1) is 0 Å². The number of rotatable bonds is 7. The average molecular weight is 452 g/mol. The lowest BCUT2D eigenvalue weighted by Crippen LogP contribution is -2.26. The van der Waals surface area contributed by atoms with Crippen molar-refractivity contribution in [3.63, 3.8) is 0 Å². The lowest BCUT2D eigenvalue weighted by Gasteiger charge is -2.19. The lowest BCUT2D eigenvalue weighted by molar-refractivity contribution is 0.0939. The summed E-state index contributed by atoms with van der Waals surface area (Å²) in [4.78, 5) is 12.8. The smallest absolute Gasteiger partial charge is 0.251 e. The first kappa shape index (κ1) is 23.7. The van der Waals surface area contributed by atoms with Gasteiger partial charge in [-0.2, -0.15) is 0 Å². The molecule has 0 fully saturated rings. The average Bonchev–Trinajstić information content (AvgIpc) is 2.77. The highest BCUT2D eigenvalue weighted by Crippen LogP contribution is 2.26. The van der Waals surface area contributed by atoms with Crippen molar-refractivity contribution in [3.8, 4) is 11.5 Å². The van der Waals surface area contributed by atoms with Gasteiger partial charge in [-0.3, -0.25) is 4.79 Å². The predicted molar refractivity (Wildman–Crippen MR) is 130 cm³/mol. The van der Waals surface area contributed by atoms with E-state index in [1.807, 2.05) is 49.4 Å². The predicted octanol–water partition coefficient (Wildman–Crippen LogP) is 6.72. The van der Waals surface area contributed by atoms with E-state index in [-0.39, 0.29) is 17.4 Å². The van der Waals surface area contributed by atoms with Gasteiger partial charge >= 0.3 is 0 Å². The lowest BCUT2D eigenvalue weighted by atomic mass is 9.87. The first-order valence-electron chi connectivity index (χ1n) is 10.6. The van der Waals surface area contributed by atoms with Crippen LogP contribution in [-0.2, 0) is 12.0 Å². The van der Waals surface area contributed by atoms with Crippen molar-refractivity contribution in [3.05, 3.63) is 94.0 Å². The zero-order valence-electron chi connectivity index (χ0n) is 19.2. The molecule has 0 aromatic heterocycles. The molecule has 0 aliphatic carbocycles. The molecule has 1 atom stereocenters. The fourth-order valence-corrected chi connectivity index (χ4v) is 3.49. The number of benzene rings is 3. The first-order valence-corrected chi connectivity index (χ1v) is 11.0. The van der Waals surface area contributed by atoms with Gasteiger partial charge in [-0.05, 0) is 65.9 Å². The van der Waals surface area contributed by atoms with Gasteiger partial charge in [0.2, 0.25) is 0 Å². The van der Waals surface area contributed by atoms with Gasteiger partial charge < -0.3 is 14.8 Å². The van der Waals surface area contributed by atoms with Crippen LogP contribution in [0.1, 0.15) is 60.8 Å². The summed E-state index contributed by atoms with van der Waals surface area (Å²) in [6.45, 7) is 8.77. The molecule has 3 aromatic carbocycles. The molecular formula is C27H30ClNO3. The van der Waals surface area contributed by atoms with Crippen LogP contribution in [0.4, 0.5) is 0 Å². The third kappa shape index (κ3) is 6.04. The summed E-state index contributed by atoms with van der Waals surface area (Å²) < 4.78 is 11.4. The molecule has 0 saturated heterocycles. The van der Waals surface area contributed by atoms with E-state index in [0.717, 1.165) is 16.9 Å². The summed E-state index contributed by atoms with van der Waals surface area (Å²) in [5.74, 6) is 1.29. The number of carbonyl (C=O) groups excluding carboxylic acids is 1. The Morgan fingerprint density at radius 1 is 1.00 bits per heavy atom. The van der Waals surface area contributed by atoms with Crippen LogP contribution in [0.3, 0.4) is 0 Å². The molecule has 0 saturated carbocycles. The van der Waals surface area contributed by atoms with E-state index in [4.69, 9.17) is 21.1 Å². The van der Waals surface area contributed by atoms with Gasteiger partial charge in [-0.15, -0.1) is 0 Å². The SMILES string of the molecule is COc1ccc(C(=O)N[C@H](C)c2ccc(Cl)cc2)cc1COc1ccc(C(C)(C)C)cc1. The normalized spacial score (nSPS) is 12.2. The Morgan fingerprint density at radius 3 is 2.25 bits per heavy atom. The molecule has 0 radical (unpaired) electrons. The molecule has 3 aromatic rings. The molecule has 5 heteroatoms. The zero-order chi connectivity index (χ0) is 23.3. The topological polar surface area (TPSA) is 47.6 Å². The van der Waals surface area contributed by atoms with Crippen molar-refractivity contribution in [2.75, 3.05) is 7.11 Å². The summed E-state index contributed by atoms with van der Waals surface area (Å²) in [6.07, 6.45) is 0. The van der Waals surface area contributed by atoms with Crippen LogP contribution in [0.25, 0.3) is 0 Å². The van der Waals surface area contributed by atoms with E-state index in [0.29, 0.717) is 22.9 Å². The van der Waals surface area contributed by atoms with Gasteiger partial charge in [0.05, 0.1) is 13.2 Å². The van der Waals surface area contributed by atoms with E-state index in [1.165, 1.54) is 5.56 Å². The van der Waals surface area contributed by atoms with Crippen molar-refractivity contribution in [2.24, 2.45) is 0 Å². The van der Waals surface area contributed by atoms with Crippen LogP contribution in [0.15, 0.2) is 66.7 Å². The molecule has 1 amide bonds. The molecule has 1 N–H and O–H groups in total. The highest BCUT2D eigenvalue weighted by molar-refractivity contribution is 6.30. The van der Waals surface area contributed by atoms with Gasteiger partial charge in [0, 0.05) is 16.1 Å². The van der Waals surface area contributed by atoms with E-state index < -0.39 is 0 Å². The number of ether oxygens (including phenoxy) is 2. The maximum atomic E-state index is 12.8. The summed E-state index contributed by atoms with van der Waals surface area (Å²) in [6, 6.07) is 20.8. The third-order valence-corrected chi connectivity index (χ3v) is 5.63. The van der Waals surface area contributed by atoms with Crippen molar-refractivity contribution in [1.29, 1.82) is 0 Å². The molecule has 0 aliphatic heterocycles. The van der Waals surface area contributed by atoms with E-state index in [9.17, 15) is 4.79 Å². The second-order valence-corrected chi connectivity index (χ2v) is 9.27. The van der Waals surface area contributed by atoms with Crippen LogP contribution in [0.2, 0.25) is 5.02 Å². The maximum Gasteiger partial charge on any atom is 0.251 e. The van der Waals surface area contributed by atoms with Gasteiger partial charge in [0.15, 0.2) is 0 Å². The van der Waals surface area contributed by atoms with E-state index >= 15 is 0 Å². The minimum absolute atomic E-state index is 0.0899. The second kappa shape index (κ2) is 10.1. The van der Waals surface area contributed by atoms with Crippen molar-refractivity contribution < 1.29 is 14.3 Å². The van der Waals surface area contributed by atoms with Crippen LogP contribution in [-0.4, -0.2) is 13.0 Å². The molecule has 4 nitrogen and oxygen atoms in total. The Bertz CT molecular complexity index is 1050. The minimum atomic E-state index is -0.161. The molecule has 0 bridgehead atoms. The number of halogens is 1. The Morgan fingerprint density at radius 2 is 1.66 bits per heavy atom. The van der Waals surface area contributed by atoms with Crippen LogP contribution >= 0.6 is 11.6 Å². The fraction of sp³-hybridized carbons (Fsp3) is 0.296. The number of hydrogen-bond acceptors (Lipinski definition) is 3. The summed E-state index contributed by atoms with van der Waals surface area (Å²) >= 11 is 5.95. The molecule has 0 spiro atoms. The van der Waals surface area contributed by atoms with E-state index in [1.54, 1.807) is 19.2 Å². The molecule has 0 heterocycles. The molecule has 168 valence electrons. The fourth-order valence-electron chi connectivity index (χ4n) is 3.36. The molecular weight excluding hydrogens is 422 g/mol. The Balaban J connectivity index is 1.70. The number of hydrogen-bond donors (Lipinski definition) is 1. The van der Waals surface area contributed by atoms with Gasteiger partial charge in [-0.1, -0.05) is 56.6 Å².